The lowest BCUT2D eigenvalue weighted by atomic mass is 9.98. The number of hydrogen-bond donors (Lipinski definition) is 0. The molecule has 0 bridgehead atoms. The Bertz CT molecular complexity index is 728. The van der Waals surface area contributed by atoms with Gasteiger partial charge in [0.25, 0.3) is 5.69 Å². The number of carbonyl (C=O) groups is 1. The van der Waals surface area contributed by atoms with E-state index < -0.39 is 16.5 Å². The molecule has 0 fully saturated rings. The van der Waals surface area contributed by atoms with Gasteiger partial charge in [0.15, 0.2) is 0 Å². The summed E-state index contributed by atoms with van der Waals surface area (Å²) in [5.41, 5.74) is -0.766. The van der Waals surface area contributed by atoms with Gasteiger partial charge in [-0.2, -0.15) is 0 Å². The minimum absolute atomic E-state index is 0.0902. The number of carbonyl (C=O) groups excluding carboxylic acids is 1. The molecule has 0 N–H and O–H groups in total. The van der Waals surface area contributed by atoms with Crippen molar-refractivity contribution in [2.75, 3.05) is 0 Å². The van der Waals surface area contributed by atoms with Crippen LogP contribution in [0.5, 0.6) is 0 Å². The largest absolute Gasteiger partial charge is 0.451 e. The van der Waals surface area contributed by atoms with Crippen LogP contribution in [0.4, 0.5) is 5.69 Å². The van der Waals surface area contributed by atoms with Gasteiger partial charge in [0.05, 0.1) is 4.92 Å². The van der Waals surface area contributed by atoms with E-state index in [-0.39, 0.29) is 11.3 Å². The number of nitrogens with zero attached hydrogens (tertiary/aromatic N) is 1. The summed E-state index contributed by atoms with van der Waals surface area (Å²) >= 11 is 6.12. The van der Waals surface area contributed by atoms with Gasteiger partial charge in [0, 0.05) is 16.7 Å². The number of rotatable bonds is 4. The zero-order valence-corrected chi connectivity index (χ0v) is 12.8. The Hall–Kier alpha value is -2.40. The molecule has 22 heavy (non-hydrogen) atoms. The van der Waals surface area contributed by atoms with Crippen LogP contribution in [0, 0.1) is 10.1 Å². The van der Waals surface area contributed by atoms with E-state index in [1.54, 1.807) is 44.2 Å². The summed E-state index contributed by atoms with van der Waals surface area (Å²) in [6.07, 6.45) is 0. The number of esters is 1. The second-order valence-electron chi connectivity index (χ2n) is 5.15. The van der Waals surface area contributed by atoms with Crippen LogP contribution in [0.2, 0.25) is 5.02 Å². The monoisotopic (exact) mass is 319 g/mol. The fourth-order valence-electron chi connectivity index (χ4n) is 2.10. The van der Waals surface area contributed by atoms with Crippen molar-refractivity contribution in [1.29, 1.82) is 0 Å². The zero-order chi connectivity index (χ0) is 16.3. The minimum atomic E-state index is -1.01. The third-order valence-electron chi connectivity index (χ3n) is 3.19. The van der Waals surface area contributed by atoms with Crippen LogP contribution in [0.15, 0.2) is 48.5 Å². The topological polar surface area (TPSA) is 69.4 Å². The predicted octanol–water partition coefficient (Wildman–Crippen LogP) is 4.34. The molecular weight excluding hydrogens is 306 g/mol. The molecule has 0 spiro atoms. The number of para-hydroxylation sites is 1. The Morgan fingerprint density at radius 1 is 1.14 bits per heavy atom. The summed E-state index contributed by atoms with van der Waals surface area (Å²) in [7, 11) is 0. The van der Waals surface area contributed by atoms with Crippen LogP contribution in [0.1, 0.15) is 29.8 Å². The van der Waals surface area contributed by atoms with Crippen LogP contribution in [-0.4, -0.2) is 10.9 Å². The molecule has 0 unspecified atom stereocenters. The molecule has 0 aliphatic heterocycles. The van der Waals surface area contributed by atoms with Gasteiger partial charge in [-0.3, -0.25) is 10.1 Å². The van der Waals surface area contributed by atoms with Gasteiger partial charge < -0.3 is 4.74 Å². The lowest BCUT2D eigenvalue weighted by molar-refractivity contribution is -0.385. The van der Waals surface area contributed by atoms with Gasteiger partial charge in [0.2, 0.25) is 0 Å². The summed E-state index contributed by atoms with van der Waals surface area (Å²) in [6, 6.07) is 12.7. The Morgan fingerprint density at radius 2 is 1.73 bits per heavy atom. The van der Waals surface area contributed by atoms with Crippen LogP contribution in [-0.2, 0) is 10.3 Å². The van der Waals surface area contributed by atoms with Gasteiger partial charge in [0.1, 0.15) is 11.2 Å². The van der Waals surface area contributed by atoms with Gasteiger partial charge in [-0.25, -0.2) is 4.79 Å². The highest BCUT2D eigenvalue weighted by Crippen LogP contribution is 2.32. The molecule has 6 heteroatoms. The Labute approximate surface area is 132 Å². The van der Waals surface area contributed by atoms with Crippen molar-refractivity contribution in [1.82, 2.24) is 0 Å². The highest BCUT2D eigenvalue weighted by Gasteiger charge is 2.30. The first-order valence-electron chi connectivity index (χ1n) is 6.54. The molecule has 0 aromatic heterocycles. The van der Waals surface area contributed by atoms with E-state index in [4.69, 9.17) is 16.3 Å². The molecule has 0 heterocycles. The fraction of sp³-hybridized carbons (Fsp3) is 0.188. The van der Waals surface area contributed by atoms with E-state index >= 15 is 0 Å². The quantitative estimate of drug-likeness (QED) is 0.477. The second-order valence-corrected chi connectivity index (χ2v) is 5.56. The van der Waals surface area contributed by atoms with Crippen LogP contribution in [0.3, 0.4) is 0 Å². The molecule has 0 atom stereocenters. The van der Waals surface area contributed by atoms with Crippen molar-refractivity contribution in [3.05, 3.63) is 74.8 Å². The van der Waals surface area contributed by atoms with Crippen LogP contribution >= 0.6 is 11.6 Å². The molecule has 0 saturated heterocycles. The average Bonchev–Trinajstić information content (AvgIpc) is 2.47. The first kappa shape index (κ1) is 16.0. The third-order valence-corrected chi connectivity index (χ3v) is 3.52. The molecule has 2 aromatic rings. The lowest BCUT2D eigenvalue weighted by Gasteiger charge is -2.26. The summed E-state index contributed by atoms with van der Waals surface area (Å²) < 4.78 is 5.45. The molecule has 0 saturated carbocycles. The maximum absolute atomic E-state index is 12.3. The van der Waals surface area contributed by atoms with Gasteiger partial charge in [-0.15, -0.1) is 0 Å². The number of ether oxygens (including phenoxy) is 1. The maximum atomic E-state index is 12.3. The predicted molar refractivity (Wildman–Crippen MR) is 83.0 cm³/mol. The Morgan fingerprint density at radius 3 is 2.36 bits per heavy atom. The van der Waals surface area contributed by atoms with Gasteiger partial charge >= 0.3 is 5.97 Å². The molecule has 0 amide bonds. The molecule has 0 aliphatic carbocycles. The zero-order valence-electron chi connectivity index (χ0n) is 12.1. The molecular formula is C16H14ClNO4. The van der Waals surface area contributed by atoms with Crippen molar-refractivity contribution in [3.63, 3.8) is 0 Å². The molecule has 2 aromatic carbocycles. The lowest BCUT2D eigenvalue weighted by Crippen LogP contribution is -2.26. The molecule has 0 radical (unpaired) electrons. The van der Waals surface area contributed by atoms with Crippen molar-refractivity contribution in [2.24, 2.45) is 0 Å². The highest BCUT2D eigenvalue weighted by atomic mass is 35.5. The summed E-state index contributed by atoms with van der Waals surface area (Å²) in [6.45, 7) is 3.36. The van der Waals surface area contributed by atoms with Gasteiger partial charge in [-0.1, -0.05) is 41.9 Å². The van der Waals surface area contributed by atoms with Gasteiger partial charge in [-0.05, 0) is 26.0 Å². The second kappa shape index (κ2) is 6.15. The number of nitro groups is 1. The number of hydrogen-bond acceptors (Lipinski definition) is 4. The first-order valence-corrected chi connectivity index (χ1v) is 6.92. The van der Waals surface area contributed by atoms with Crippen molar-refractivity contribution >= 4 is 23.3 Å². The average molecular weight is 320 g/mol. The summed E-state index contributed by atoms with van der Waals surface area (Å²) in [5, 5.41) is 11.5. The molecule has 0 aliphatic rings. The van der Waals surface area contributed by atoms with E-state index in [0.29, 0.717) is 10.6 Å². The number of benzene rings is 2. The first-order chi connectivity index (χ1) is 10.3. The van der Waals surface area contributed by atoms with Crippen LogP contribution in [0.25, 0.3) is 0 Å². The Balaban J connectivity index is 2.33. The third kappa shape index (κ3) is 3.26. The highest BCUT2D eigenvalue weighted by molar-refractivity contribution is 6.31. The standard InChI is InChI=1S/C16H14ClNO4/c1-16(2,12-8-4-5-9-13(12)17)22-15(19)11-7-3-6-10-14(11)18(20)21/h3-10H,1-2H3. The smallest absolute Gasteiger partial charge is 0.346 e. The molecule has 114 valence electrons. The van der Waals surface area contributed by atoms with Crippen molar-refractivity contribution < 1.29 is 14.5 Å². The fourth-order valence-corrected chi connectivity index (χ4v) is 2.46. The summed E-state index contributed by atoms with van der Waals surface area (Å²) in [5.74, 6) is -0.766. The molecule has 5 nitrogen and oxygen atoms in total. The van der Waals surface area contributed by atoms with E-state index in [2.05, 4.69) is 0 Å². The number of nitro benzene ring substituents is 1. The maximum Gasteiger partial charge on any atom is 0.346 e. The SMILES string of the molecule is CC(C)(OC(=O)c1ccccc1[N+](=O)[O-])c1ccccc1Cl. The minimum Gasteiger partial charge on any atom is -0.451 e. The van der Waals surface area contributed by atoms with Crippen molar-refractivity contribution in [2.45, 2.75) is 19.4 Å². The van der Waals surface area contributed by atoms with E-state index in [1.807, 2.05) is 0 Å². The summed E-state index contributed by atoms with van der Waals surface area (Å²) in [4.78, 5) is 22.7. The number of halogens is 1. The van der Waals surface area contributed by atoms with Crippen LogP contribution < -0.4 is 0 Å². The Kier molecular flexibility index (Phi) is 4.47. The normalized spacial score (nSPS) is 11.0. The van der Waals surface area contributed by atoms with E-state index in [9.17, 15) is 14.9 Å². The molecule has 2 rings (SSSR count). The van der Waals surface area contributed by atoms with E-state index in [0.717, 1.165) is 0 Å². The van der Waals surface area contributed by atoms with Crippen molar-refractivity contribution in [3.8, 4) is 0 Å². The van der Waals surface area contributed by atoms with E-state index in [1.165, 1.54) is 18.2 Å².